The van der Waals surface area contributed by atoms with Gasteiger partial charge in [0.05, 0.1) is 11.8 Å². The van der Waals surface area contributed by atoms with Gasteiger partial charge in [-0.25, -0.2) is 5.01 Å². The van der Waals surface area contributed by atoms with Crippen LogP contribution >= 0.6 is 11.6 Å². The Morgan fingerprint density at radius 2 is 1.73 bits per heavy atom. The standard InChI is InChI=1S/C26H24ClN3O3/c1-29(2)22-11-7-20(8-12-22)25-15-24(19-5-9-21(27)10-6-19)28-30(25)26(32)17-33-23-13-3-18(16-31)4-14-23/h3-14,16,25H,15,17H2,1-2H3. The first-order chi connectivity index (χ1) is 15.9. The van der Waals surface area contributed by atoms with Crippen LogP contribution in [0.4, 0.5) is 5.69 Å². The molecule has 1 aliphatic heterocycles. The summed E-state index contributed by atoms with van der Waals surface area (Å²) in [6.45, 7) is -0.163. The van der Waals surface area contributed by atoms with Crippen molar-refractivity contribution in [3.8, 4) is 5.75 Å². The third-order valence-corrected chi connectivity index (χ3v) is 5.77. The topological polar surface area (TPSA) is 62.2 Å². The van der Waals surface area contributed by atoms with E-state index in [1.165, 1.54) is 5.01 Å². The molecule has 0 saturated carbocycles. The van der Waals surface area contributed by atoms with E-state index >= 15 is 0 Å². The molecule has 33 heavy (non-hydrogen) atoms. The molecule has 168 valence electrons. The van der Waals surface area contributed by atoms with Crippen LogP contribution in [0.5, 0.6) is 5.75 Å². The highest BCUT2D eigenvalue weighted by Crippen LogP contribution is 2.34. The van der Waals surface area contributed by atoms with Crippen molar-refractivity contribution >= 4 is 35.2 Å². The second-order valence-corrected chi connectivity index (χ2v) is 8.41. The van der Waals surface area contributed by atoms with Crippen LogP contribution in [0.15, 0.2) is 77.9 Å². The zero-order chi connectivity index (χ0) is 23.4. The minimum atomic E-state index is -0.250. The van der Waals surface area contributed by atoms with Crippen molar-refractivity contribution < 1.29 is 14.3 Å². The third-order valence-electron chi connectivity index (χ3n) is 5.52. The lowest BCUT2D eigenvalue weighted by Gasteiger charge is -2.23. The highest BCUT2D eigenvalue weighted by atomic mass is 35.5. The third kappa shape index (κ3) is 5.23. The second kappa shape index (κ2) is 9.88. The number of carbonyl (C=O) groups is 2. The number of rotatable bonds is 7. The Labute approximate surface area is 198 Å². The molecule has 0 fully saturated rings. The number of ether oxygens (including phenoxy) is 1. The van der Waals surface area contributed by atoms with Gasteiger partial charge in [0.2, 0.25) is 0 Å². The molecular weight excluding hydrogens is 438 g/mol. The predicted octanol–water partition coefficient (Wildman–Crippen LogP) is 4.98. The highest BCUT2D eigenvalue weighted by molar-refractivity contribution is 6.30. The van der Waals surface area contributed by atoms with Crippen molar-refractivity contribution in [2.75, 3.05) is 25.6 Å². The van der Waals surface area contributed by atoms with Crippen LogP contribution < -0.4 is 9.64 Å². The molecule has 0 saturated heterocycles. The van der Waals surface area contributed by atoms with Gasteiger partial charge in [0.1, 0.15) is 12.0 Å². The summed E-state index contributed by atoms with van der Waals surface area (Å²) < 4.78 is 5.67. The molecular formula is C26H24ClN3O3. The molecule has 6 nitrogen and oxygen atoms in total. The van der Waals surface area contributed by atoms with E-state index in [1.807, 2.05) is 67.5 Å². The van der Waals surface area contributed by atoms with Crippen molar-refractivity contribution in [1.29, 1.82) is 0 Å². The molecule has 0 bridgehead atoms. The van der Waals surface area contributed by atoms with Crippen LogP contribution in [0.25, 0.3) is 0 Å². The van der Waals surface area contributed by atoms with Gasteiger partial charge in [-0.05, 0) is 59.7 Å². The van der Waals surface area contributed by atoms with Crippen LogP contribution in [0.1, 0.15) is 33.9 Å². The van der Waals surface area contributed by atoms with Gasteiger partial charge in [0.15, 0.2) is 6.61 Å². The van der Waals surface area contributed by atoms with Crippen LogP contribution in [0, 0.1) is 0 Å². The van der Waals surface area contributed by atoms with Crippen molar-refractivity contribution in [3.63, 3.8) is 0 Å². The number of anilines is 1. The maximum absolute atomic E-state index is 13.1. The molecule has 7 heteroatoms. The highest BCUT2D eigenvalue weighted by Gasteiger charge is 2.33. The van der Waals surface area contributed by atoms with Gasteiger partial charge in [-0.1, -0.05) is 35.9 Å². The quantitative estimate of drug-likeness (QED) is 0.466. The van der Waals surface area contributed by atoms with E-state index in [0.29, 0.717) is 22.8 Å². The molecule has 1 atom stereocenters. The normalized spacial score (nSPS) is 15.2. The minimum absolute atomic E-state index is 0.163. The summed E-state index contributed by atoms with van der Waals surface area (Å²) in [7, 11) is 3.97. The molecule has 1 aliphatic rings. The average Bonchev–Trinajstić information content (AvgIpc) is 3.29. The molecule has 3 aromatic rings. The van der Waals surface area contributed by atoms with Gasteiger partial charge in [-0.2, -0.15) is 5.10 Å². The number of amides is 1. The van der Waals surface area contributed by atoms with Crippen molar-refractivity contribution in [2.45, 2.75) is 12.5 Å². The summed E-state index contributed by atoms with van der Waals surface area (Å²) in [6, 6.07) is 22.0. The zero-order valence-corrected chi connectivity index (χ0v) is 19.2. The minimum Gasteiger partial charge on any atom is -0.484 e. The first-order valence-electron chi connectivity index (χ1n) is 10.6. The van der Waals surface area contributed by atoms with Crippen LogP contribution in [0.3, 0.4) is 0 Å². The van der Waals surface area contributed by atoms with E-state index in [-0.39, 0.29) is 18.6 Å². The lowest BCUT2D eigenvalue weighted by Crippen LogP contribution is -2.31. The van der Waals surface area contributed by atoms with E-state index in [0.717, 1.165) is 28.8 Å². The molecule has 0 radical (unpaired) electrons. The first-order valence-corrected chi connectivity index (χ1v) is 10.9. The second-order valence-electron chi connectivity index (χ2n) is 7.97. The molecule has 1 unspecified atom stereocenters. The van der Waals surface area contributed by atoms with Crippen molar-refractivity contribution in [3.05, 3.63) is 94.5 Å². The molecule has 1 amide bonds. The summed E-state index contributed by atoms with van der Waals surface area (Å²) in [4.78, 5) is 26.0. The number of halogens is 1. The number of carbonyl (C=O) groups excluding carboxylic acids is 2. The first kappa shape index (κ1) is 22.6. The van der Waals surface area contributed by atoms with E-state index in [9.17, 15) is 9.59 Å². The number of nitrogens with zero attached hydrogens (tertiary/aromatic N) is 3. The molecule has 3 aromatic carbocycles. The molecule has 1 heterocycles. The van der Waals surface area contributed by atoms with Crippen molar-refractivity contribution in [2.24, 2.45) is 5.10 Å². The van der Waals surface area contributed by atoms with Crippen LogP contribution in [-0.4, -0.2) is 43.6 Å². The van der Waals surface area contributed by atoms with E-state index in [2.05, 4.69) is 5.10 Å². The van der Waals surface area contributed by atoms with Gasteiger partial charge in [-0.15, -0.1) is 0 Å². The Hall–Kier alpha value is -3.64. The maximum atomic E-state index is 13.1. The number of aldehydes is 1. The number of benzene rings is 3. The van der Waals surface area contributed by atoms with E-state index in [1.54, 1.807) is 24.3 Å². The Kier molecular flexibility index (Phi) is 6.75. The van der Waals surface area contributed by atoms with Gasteiger partial charge in [-0.3, -0.25) is 9.59 Å². The lowest BCUT2D eigenvalue weighted by molar-refractivity contribution is -0.135. The zero-order valence-electron chi connectivity index (χ0n) is 18.4. The smallest absolute Gasteiger partial charge is 0.281 e. The van der Waals surface area contributed by atoms with Crippen LogP contribution in [0.2, 0.25) is 5.02 Å². The fourth-order valence-corrected chi connectivity index (χ4v) is 3.79. The fourth-order valence-electron chi connectivity index (χ4n) is 3.67. The van der Waals surface area contributed by atoms with E-state index in [4.69, 9.17) is 16.3 Å². The number of hydrogen-bond acceptors (Lipinski definition) is 5. The Bertz CT molecular complexity index is 1160. The SMILES string of the molecule is CN(C)c1ccc(C2CC(c3ccc(Cl)cc3)=NN2C(=O)COc2ccc(C=O)cc2)cc1. The number of hydrogen-bond donors (Lipinski definition) is 0. The van der Waals surface area contributed by atoms with Crippen molar-refractivity contribution in [1.82, 2.24) is 5.01 Å². The molecule has 0 aliphatic carbocycles. The van der Waals surface area contributed by atoms with Gasteiger partial charge >= 0.3 is 0 Å². The largest absolute Gasteiger partial charge is 0.484 e. The Morgan fingerprint density at radius 1 is 1.06 bits per heavy atom. The van der Waals surface area contributed by atoms with Gasteiger partial charge < -0.3 is 9.64 Å². The predicted molar refractivity (Wildman–Crippen MR) is 130 cm³/mol. The molecule has 0 N–H and O–H groups in total. The Balaban J connectivity index is 1.56. The summed E-state index contributed by atoms with van der Waals surface area (Å²) in [5.74, 6) is 0.266. The lowest BCUT2D eigenvalue weighted by atomic mass is 9.98. The van der Waals surface area contributed by atoms with Crippen LogP contribution in [-0.2, 0) is 4.79 Å². The summed E-state index contributed by atoms with van der Waals surface area (Å²) >= 11 is 6.04. The van der Waals surface area contributed by atoms with E-state index < -0.39 is 0 Å². The van der Waals surface area contributed by atoms with Gasteiger partial charge in [0.25, 0.3) is 5.91 Å². The Morgan fingerprint density at radius 3 is 2.33 bits per heavy atom. The maximum Gasteiger partial charge on any atom is 0.281 e. The fraction of sp³-hybridized carbons (Fsp3) is 0.192. The molecule has 4 rings (SSSR count). The molecule has 0 aromatic heterocycles. The summed E-state index contributed by atoms with van der Waals surface area (Å²) in [5.41, 5.74) is 4.37. The monoisotopic (exact) mass is 461 g/mol. The van der Waals surface area contributed by atoms with Gasteiger partial charge in [0, 0.05) is 36.8 Å². The average molecular weight is 462 g/mol. The number of hydrazone groups is 1. The summed E-state index contributed by atoms with van der Waals surface area (Å²) in [6.07, 6.45) is 1.35. The summed E-state index contributed by atoms with van der Waals surface area (Å²) in [5, 5.41) is 6.82. The molecule has 0 spiro atoms.